The fraction of sp³-hybridized carbons (Fsp3) is 0.649. The standard InChI is InChI=1S/C37H55N3O6/c1-27(32-14-7-8-21-38-32)12-11-13-28(2)35-29(3)15-16-33(37(4,44)20-17-31(41)26-34(42)46-35)45-36(43)40-24-18-30(19-25-40)39-22-9-5-6-10-23-39/h7-8,11-16,21,27,29-31,33,35,41,44H,5-6,9-10,17-20,22-26H2,1-4H3/b12-11?,16-15+,28-13?/t27-,29+,31-,33+,35-,37-/m1/s1. The van der Waals surface area contributed by atoms with Crippen LogP contribution in [0.3, 0.4) is 0 Å². The highest BCUT2D eigenvalue weighted by atomic mass is 16.6. The molecule has 0 spiro atoms. The maximum absolute atomic E-state index is 13.4. The number of esters is 1. The van der Waals surface area contributed by atoms with E-state index >= 15 is 0 Å². The second kappa shape index (κ2) is 17.2. The maximum Gasteiger partial charge on any atom is 0.410 e. The molecule has 6 atom stereocenters. The lowest BCUT2D eigenvalue weighted by atomic mass is 9.88. The summed E-state index contributed by atoms with van der Waals surface area (Å²) in [5, 5.41) is 22.1. The van der Waals surface area contributed by atoms with Gasteiger partial charge in [0.25, 0.3) is 0 Å². The van der Waals surface area contributed by atoms with Gasteiger partial charge >= 0.3 is 12.1 Å². The van der Waals surface area contributed by atoms with Gasteiger partial charge in [-0.3, -0.25) is 9.78 Å². The van der Waals surface area contributed by atoms with Gasteiger partial charge in [-0.05, 0) is 89.2 Å². The van der Waals surface area contributed by atoms with Crippen molar-refractivity contribution in [2.24, 2.45) is 5.92 Å². The minimum Gasteiger partial charge on any atom is -0.457 e. The number of allylic oxidation sites excluding steroid dienone is 3. The number of aliphatic hydroxyl groups excluding tert-OH is 1. The zero-order valence-corrected chi connectivity index (χ0v) is 28.2. The third-order valence-corrected chi connectivity index (χ3v) is 9.79. The monoisotopic (exact) mass is 637 g/mol. The van der Waals surface area contributed by atoms with Crippen molar-refractivity contribution in [1.29, 1.82) is 0 Å². The van der Waals surface area contributed by atoms with Crippen LogP contribution in [-0.2, 0) is 14.3 Å². The molecule has 0 aromatic carbocycles. The molecule has 2 saturated heterocycles. The number of carbonyl (C=O) groups is 2. The number of carbonyl (C=O) groups excluding carboxylic acids is 2. The molecule has 2 fully saturated rings. The topological polar surface area (TPSA) is 112 Å². The number of cyclic esters (lactones) is 1. The molecular weight excluding hydrogens is 582 g/mol. The van der Waals surface area contributed by atoms with E-state index in [2.05, 4.69) is 16.8 Å². The average molecular weight is 638 g/mol. The summed E-state index contributed by atoms with van der Waals surface area (Å²) >= 11 is 0. The SMILES string of the molecule is CC(=CC=C[C@@H](C)c1ccccn1)[C@H]1OC(=O)C[C@H](O)CC[C@@](C)(O)[C@@H](OC(=O)N2CCC(N3CCCCCC3)CC2)/C=C/[C@@H]1C. The van der Waals surface area contributed by atoms with Crippen LogP contribution in [0, 0.1) is 5.92 Å². The number of aliphatic hydroxyl groups is 2. The van der Waals surface area contributed by atoms with Crippen molar-refractivity contribution in [3.63, 3.8) is 0 Å². The highest BCUT2D eigenvalue weighted by Gasteiger charge is 2.37. The molecule has 9 nitrogen and oxygen atoms in total. The van der Waals surface area contributed by atoms with Crippen LogP contribution in [-0.4, -0.2) is 93.2 Å². The maximum atomic E-state index is 13.4. The minimum atomic E-state index is -1.44. The van der Waals surface area contributed by atoms with Gasteiger partial charge in [0.05, 0.1) is 12.5 Å². The fourth-order valence-corrected chi connectivity index (χ4v) is 6.72. The number of hydrogen-bond acceptors (Lipinski definition) is 8. The molecule has 4 heterocycles. The summed E-state index contributed by atoms with van der Waals surface area (Å²) < 4.78 is 11.9. The van der Waals surface area contributed by atoms with Gasteiger partial charge in [-0.15, -0.1) is 0 Å². The van der Waals surface area contributed by atoms with Crippen molar-refractivity contribution in [1.82, 2.24) is 14.8 Å². The number of rotatable bonds is 6. The van der Waals surface area contributed by atoms with Gasteiger partial charge in [0, 0.05) is 42.9 Å². The molecule has 3 aliphatic heterocycles. The number of piperidine rings is 1. The first-order valence-electron chi connectivity index (χ1n) is 17.3. The molecule has 0 aliphatic carbocycles. The predicted molar refractivity (Wildman–Crippen MR) is 179 cm³/mol. The Morgan fingerprint density at radius 2 is 1.83 bits per heavy atom. The number of nitrogens with zero attached hydrogens (tertiary/aromatic N) is 3. The van der Waals surface area contributed by atoms with Crippen LogP contribution in [0.15, 0.2) is 60.3 Å². The van der Waals surface area contributed by atoms with Gasteiger partial charge in [0.2, 0.25) is 0 Å². The molecule has 1 amide bonds. The summed E-state index contributed by atoms with van der Waals surface area (Å²) in [6.45, 7) is 11.1. The van der Waals surface area contributed by atoms with Crippen molar-refractivity contribution in [2.45, 2.75) is 121 Å². The molecule has 1 aromatic heterocycles. The van der Waals surface area contributed by atoms with E-state index in [4.69, 9.17) is 9.47 Å². The van der Waals surface area contributed by atoms with Crippen LogP contribution in [0.25, 0.3) is 0 Å². The Balaban J connectivity index is 1.45. The second-order valence-corrected chi connectivity index (χ2v) is 13.7. The zero-order valence-electron chi connectivity index (χ0n) is 28.2. The largest absolute Gasteiger partial charge is 0.457 e. The molecule has 2 N–H and O–H groups in total. The van der Waals surface area contributed by atoms with Gasteiger partial charge in [0.15, 0.2) is 6.10 Å². The zero-order chi connectivity index (χ0) is 33.1. The quantitative estimate of drug-likeness (QED) is 0.224. The van der Waals surface area contributed by atoms with Crippen LogP contribution in [0.2, 0.25) is 0 Å². The van der Waals surface area contributed by atoms with Crippen LogP contribution >= 0.6 is 0 Å². The molecular formula is C37H55N3O6. The Bertz CT molecular complexity index is 1200. The lowest BCUT2D eigenvalue weighted by molar-refractivity contribution is -0.151. The van der Waals surface area contributed by atoms with Crippen molar-refractivity contribution in [3.05, 3.63) is 66.0 Å². The highest BCUT2D eigenvalue weighted by molar-refractivity contribution is 5.70. The van der Waals surface area contributed by atoms with E-state index in [0.29, 0.717) is 19.1 Å². The van der Waals surface area contributed by atoms with E-state index in [1.165, 1.54) is 25.7 Å². The molecule has 3 aliphatic rings. The van der Waals surface area contributed by atoms with Crippen molar-refractivity contribution in [2.75, 3.05) is 26.2 Å². The van der Waals surface area contributed by atoms with Gasteiger partial charge < -0.3 is 29.5 Å². The average Bonchev–Trinajstić information content (AvgIpc) is 3.34. The summed E-state index contributed by atoms with van der Waals surface area (Å²) in [4.78, 5) is 35.0. The predicted octanol–water partition coefficient (Wildman–Crippen LogP) is 5.93. The molecule has 0 saturated carbocycles. The van der Waals surface area contributed by atoms with Crippen molar-refractivity contribution >= 4 is 12.1 Å². The Hall–Kier alpha value is -3.01. The van der Waals surface area contributed by atoms with Gasteiger partial charge in [-0.2, -0.15) is 0 Å². The van der Waals surface area contributed by atoms with Crippen molar-refractivity contribution in [3.8, 4) is 0 Å². The van der Waals surface area contributed by atoms with Gasteiger partial charge in [-0.25, -0.2) is 4.79 Å². The smallest absolute Gasteiger partial charge is 0.410 e. The summed E-state index contributed by atoms with van der Waals surface area (Å²) in [5.74, 6) is -0.683. The Morgan fingerprint density at radius 3 is 2.50 bits per heavy atom. The number of likely N-dealkylation sites (tertiary alicyclic amines) is 2. The number of amides is 1. The second-order valence-electron chi connectivity index (χ2n) is 13.7. The molecule has 1 aromatic rings. The van der Waals surface area contributed by atoms with E-state index in [-0.39, 0.29) is 31.1 Å². The molecule has 0 unspecified atom stereocenters. The molecule has 4 rings (SSSR count). The molecule has 254 valence electrons. The normalized spacial score (nSPS) is 31.3. The summed E-state index contributed by atoms with van der Waals surface area (Å²) in [6, 6.07) is 6.33. The Morgan fingerprint density at radius 1 is 1.11 bits per heavy atom. The first-order valence-corrected chi connectivity index (χ1v) is 17.3. The van der Waals surface area contributed by atoms with E-state index in [9.17, 15) is 19.8 Å². The molecule has 9 heteroatoms. The molecule has 46 heavy (non-hydrogen) atoms. The van der Waals surface area contributed by atoms with Crippen molar-refractivity contribution < 1.29 is 29.3 Å². The van der Waals surface area contributed by atoms with E-state index in [0.717, 1.165) is 37.2 Å². The fourth-order valence-electron chi connectivity index (χ4n) is 6.72. The lowest BCUT2D eigenvalue weighted by Crippen LogP contribution is -2.49. The Labute approximate surface area is 275 Å². The summed E-state index contributed by atoms with van der Waals surface area (Å²) in [7, 11) is 0. The first-order chi connectivity index (χ1) is 22.0. The van der Waals surface area contributed by atoms with Gasteiger partial charge in [0.1, 0.15) is 11.7 Å². The Kier molecular flexibility index (Phi) is 13.4. The number of hydrogen-bond donors (Lipinski definition) is 2. The molecule has 0 bridgehead atoms. The third-order valence-electron chi connectivity index (χ3n) is 9.79. The van der Waals surface area contributed by atoms with Crippen LogP contribution in [0.5, 0.6) is 0 Å². The van der Waals surface area contributed by atoms with E-state index in [1.54, 1.807) is 24.1 Å². The first kappa shape index (κ1) is 35.8. The minimum absolute atomic E-state index is 0.106. The van der Waals surface area contributed by atoms with Crippen LogP contribution in [0.4, 0.5) is 4.79 Å². The van der Waals surface area contributed by atoms with Crippen LogP contribution < -0.4 is 0 Å². The van der Waals surface area contributed by atoms with Gasteiger partial charge in [-0.1, -0.05) is 57.1 Å². The number of pyridine rings is 1. The number of aromatic nitrogens is 1. The van der Waals surface area contributed by atoms with E-state index in [1.807, 2.05) is 56.4 Å². The summed E-state index contributed by atoms with van der Waals surface area (Å²) in [5.41, 5.74) is 0.349. The lowest BCUT2D eigenvalue weighted by Gasteiger charge is -2.39. The molecule has 0 radical (unpaired) electrons. The van der Waals surface area contributed by atoms with E-state index < -0.39 is 36.0 Å². The summed E-state index contributed by atoms with van der Waals surface area (Å²) in [6.07, 6.45) is 15.3. The highest BCUT2D eigenvalue weighted by Crippen LogP contribution is 2.28. The van der Waals surface area contributed by atoms with Crippen LogP contribution in [0.1, 0.15) is 97.1 Å². The third kappa shape index (κ3) is 10.5. The number of ether oxygens (including phenoxy) is 2.